The van der Waals surface area contributed by atoms with Crippen LogP contribution in [0.1, 0.15) is 32.3 Å². The molecule has 2 N–H and O–H groups in total. The van der Waals surface area contributed by atoms with E-state index >= 15 is 0 Å². The molecule has 1 aliphatic rings. The van der Waals surface area contributed by atoms with E-state index in [-0.39, 0.29) is 36.4 Å². The van der Waals surface area contributed by atoms with Gasteiger partial charge < -0.3 is 15.5 Å². The maximum absolute atomic E-state index is 12.0. The second-order valence-corrected chi connectivity index (χ2v) is 6.45. The van der Waals surface area contributed by atoms with Gasteiger partial charge in [-0.2, -0.15) is 0 Å². The smallest absolute Gasteiger partial charge is 0.241 e. The molecule has 1 fully saturated rings. The van der Waals surface area contributed by atoms with E-state index in [1.165, 1.54) is 18.4 Å². The lowest BCUT2D eigenvalue weighted by Gasteiger charge is -2.33. The van der Waals surface area contributed by atoms with Crippen LogP contribution >= 0.6 is 24.0 Å². The minimum Gasteiger partial charge on any atom is -0.357 e. The standard InChI is InChI=1S/C19H30N4O.HI/c1-3-20-19(23-13-7-8-16(2)15-23)22-14-18(24)21-12-11-17-9-5-4-6-10-17;/h4-6,9-10,16H,3,7-8,11-15H2,1-2H3,(H,20,22)(H,21,24);1H. The van der Waals surface area contributed by atoms with Crippen molar-refractivity contribution in [3.05, 3.63) is 35.9 Å². The summed E-state index contributed by atoms with van der Waals surface area (Å²) < 4.78 is 0. The van der Waals surface area contributed by atoms with Crippen molar-refractivity contribution in [2.75, 3.05) is 32.7 Å². The number of hydrogen-bond donors (Lipinski definition) is 2. The summed E-state index contributed by atoms with van der Waals surface area (Å²) in [5.74, 6) is 1.52. The van der Waals surface area contributed by atoms with Crippen LogP contribution in [0.4, 0.5) is 0 Å². The number of amides is 1. The molecule has 5 nitrogen and oxygen atoms in total. The Morgan fingerprint density at radius 1 is 1.28 bits per heavy atom. The van der Waals surface area contributed by atoms with E-state index in [4.69, 9.17) is 0 Å². The lowest BCUT2D eigenvalue weighted by atomic mass is 10.0. The van der Waals surface area contributed by atoms with Gasteiger partial charge in [-0.05, 0) is 37.7 Å². The van der Waals surface area contributed by atoms with Gasteiger partial charge in [0.25, 0.3) is 0 Å². The first-order valence-electron chi connectivity index (χ1n) is 9.03. The number of likely N-dealkylation sites (tertiary alicyclic amines) is 1. The van der Waals surface area contributed by atoms with Crippen LogP contribution in [-0.4, -0.2) is 49.5 Å². The monoisotopic (exact) mass is 458 g/mol. The summed E-state index contributed by atoms with van der Waals surface area (Å²) in [6.45, 7) is 8.01. The molecule has 0 spiro atoms. The largest absolute Gasteiger partial charge is 0.357 e. The Bertz CT molecular complexity index is 535. The maximum Gasteiger partial charge on any atom is 0.241 e. The van der Waals surface area contributed by atoms with E-state index in [9.17, 15) is 4.79 Å². The molecule has 1 aromatic carbocycles. The molecule has 1 aromatic rings. The van der Waals surface area contributed by atoms with Crippen molar-refractivity contribution in [1.29, 1.82) is 0 Å². The summed E-state index contributed by atoms with van der Waals surface area (Å²) in [5, 5.41) is 6.25. The Balaban J connectivity index is 0.00000312. The summed E-state index contributed by atoms with van der Waals surface area (Å²) in [5.41, 5.74) is 1.23. The fraction of sp³-hybridized carbons (Fsp3) is 0.579. The maximum atomic E-state index is 12.0. The molecule has 1 amide bonds. The molecular formula is C19H31IN4O. The predicted molar refractivity (Wildman–Crippen MR) is 115 cm³/mol. The van der Waals surface area contributed by atoms with E-state index in [2.05, 4.69) is 46.5 Å². The van der Waals surface area contributed by atoms with E-state index in [1.54, 1.807) is 0 Å². The minimum absolute atomic E-state index is 0. The summed E-state index contributed by atoms with van der Waals surface area (Å²) in [4.78, 5) is 18.8. The molecule has 6 heteroatoms. The highest BCUT2D eigenvalue weighted by molar-refractivity contribution is 14.0. The van der Waals surface area contributed by atoms with Gasteiger partial charge in [0.05, 0.1) is 0 Å². The number of carbonyl (C=O) groups is 1. The van der Waals surface area contributed by atoms with Crippen molar-refractivity contribution >= 4 is 35.8 Å². The Morgan fingerprint density at radius 2 is 2.04 bits per heavy atom. The number of hydrogen-bond acceptors (Lipinski definition) is 2. The van der Waals surface area contributed by atoms with Crippen LogP contribution in [0, 0.1) is 5.92 Å². The number of benzene rings is 1. The Hall–Kier alpha value is -1.31. The normalized spacial score (nSPS) is 17.6. The van der Waals surface area contributed by atoms with Gasteiger partial charge in [0.15, 0.2) is 5.96 Å². The zero-order valence-corrected chi connectivity index (χ0v) is 17.7. The Labute approximate surface area is 168 Å². The van der Waals surface area contributed by atoms with Gasteiger partial charge >= 0.3 is 0 Å². The van der Waals surface area contributed by atoms with Crippen LogP contribution in [0.2, 0.25) is 0 Å². The summed E-state index contributed by atoms with van der Waals surface area (Å²) in [6, 6.07) is 10.2. The van der Waals surface area contributed by atoms with Crippen molar-refractivity contribution in [3.8, 4) is 0 Å². The predicted octanol–water partition coefficient (Wildman–Crippen LogP) is 2.66. The van der Waals surface area contributed by atoms with Crippen LogP contribution in [0.3, 0.4) is 0 Å². The molecule has 0 bridgehead atoms. The zero-order valence-electron chi connectivity index (χ0n) is 15.3. The van der Waals surface area contributed by atoms with Crippen molar-refractivity contribution < 1.29 is 4.79 Å². The Kier molecular flexibility index (Phi) is 10.5. The number of rotatable bonds is 6. The summed E-state index contributed by atoms with van der Waals surface area (Å²) in [6.07, 6.45) is 3.31. The van der Waals surface area contributed by atoms with Gasteiger partial charge in [-0.15, -0.1) is 24.0 Å². The molecule has 1 heterocycles. The second kappa shape index (κ2) is 12.1. The third kappa shape index (κ3) is 8.07. The third-order valence-corrected chi connectivity index (χ3v) is 4.24. The third-order valence-electron chi connectivity index (χ3n) is 4.24. The first-order chi connectivity index (χ1) is 11.7. The average Bonchev–Trinajstić information content (AvgIpc) is 2.59. The van der Waals surface area contributed by atoms with E-state index in [0.717, 1.165) is 32.0 Å². The molecule has 1 aliphatic heterocycles. The molecule has 1 saturated heterocycles. The lowest BCUT2D eigenvalue weighted by molar-refractivity contribution is -0.119. The van der Waals surface area contributed by atoms with Gasteiger partial charge in [-0.25, -0.2) is 4.99 Å². The van der Waals surface area contributed by atoms with E-state index in [1.807, 2.05) is 18.2 Å². The van der Waals surface area contributed by atoms with Gasteiger partial charge in [-0.3, -0.25) is 4.79 Å². The molecule has 0 aliphatic carbocycles. The van der Waals surface area contributed by atoms with Crippen molar-refractivity contribution in [1.82, 2.24) is 15.5 Å². The van der Waals surface area contributed by atoms with Crippen LogP contribution in [-0.2, 0) is 11.2 Å². The number of piperidine rings is 1. The van der Waals surface area contributed by atoms with Gasteiger partial charge in [0.1, 0.15) is 6.54 Å². The highest BCUT2D eigenvalue weighted by Gasteiger charge is 2.19. The van der Waals surface area contributed by atoms with Crippen LogP contribution in [0.5, 0.6) is 0 Å². The first kappa shape index (κ1) is 21.7. The second-order valence-electron chi connectivity index (χ2n) is 6.45. The quantitative estimate of drug-likeness (QED) is 0.392. The molecule has 0 radical (unpaired) electrons. The lowest BCUT2D eigenvalue weighted by Crippen LogP contribution is -2.46. The topological polar surface area (TPSA) is 56.7 Å². The van der Waals surface area contributed by atoms with Crippen LogP contribution in [0.15, 0.2) is 35.3 Å². The number of halogens is 1. The first-order valence-corrected chi connectivity index (χ1v) is 9.03. The average molecular weight is 458 g/mol. The molecular weight excluding hydrogens is 427 g/mol. The number of carbonyl (C=O) groups excluding carboxylic acids is 1. The zero-order chi connectivity index (χ0) is 17.2. The number of nitrogens with zero attached hydrogens (tertiary/aromatic N) is 2. The molecule has 2 rings (SSSR count). The molecule has 0 aromatic heterocycles. The van der Waals surface area contributed by atoms with Gasteiger partial charge in [-0.1, -0.05) is 37.3 Å². The van der Waals surface area contributed by atoms with Crippen LogP contribution in [0.25, 0.3) is 0 Å². The summed E-state index contributed by atoms with van der Waals surface area (Å²) in [7, 11) is 0. The number of aliphatic imine (C=N–C) groups is 1. The highest BCUT2D eigenvalue weighted by atomic mass is 127. The number of guanidine groups is 1. The molecule has 0 saturated carbocycles. The molecule has 1 atom stereocenters. The van der Waals surface area contributed by atoms with Gasteiger partial charge in [0, 0.05) is 26.2 Å². The fourth-order valence-electron chi connectivity index (χ4n) is 3.00. The SMILES string of the molecule is CCNC(=NCC(=O)NCCc1ccccc1)N1CCCC(C)C1.I. The van der Waals surface area contributed by atoms with E-state index in [0.29, 0.717) is 12.5 Å². The van der Waals surface area contributed by atoms with Crippen molar-refractivity contribution in [2.24, 2.45) is 10.9 Å². The van der Waals surface area contributed by atoms with Crippen molar-refractivity contribution in [2.45, 2.75) is 33.1 Å². The molecule has 25 heavy (non-hydrogen) atoms. The molecule has 1 unspecified atom stereocenters. The summed E-state index contributed by atoms with van der Waals surface area (Å²) >= 11 is 0. The Morgan fingerprint density at radius 3 is 2.72 bits per heavy atom. The van der Waals surface area contributed by atoms with Gasteiger partial charge in [0.2, 0.25) is 5.91 Å². The van der Waals surface area contributed by atoms with Crippen LogP contribution < -0.4 is 10.6 Å². The highest BCUT2D eigenvalue weighted by Crippen LogP contribution is 2.15. The van der Waals surface area contributed by atoms with Crippen molar-refractivity contribution in [3.63, 3.8) is 0 Å². The van der Waals surface area contributed by atoms with E-state index < -0.39 is 0 Å². The molecule has 140 valence electrons. The number of nitrogens with one attached hydrogen (secondary N) is 2. The fourth-order valence-corrected chi connectivity index (χ4v) is 3.00. The minimum atomic E-state index is -0.0219.